The fourth-order valence-electron chi connectivity index (χ4n) is 4.56. The Balaban J connectivity index is 1.25. The van der Waals surface area contributed by atoms with Crippen molar-refractivity contribution in [3.05, 3.63) is 94.7 Å². The number of ketones is 1. The van der Waals surface area contributed by atoms with Gasteiger partial charge in [0, 0.05) is 35.2 Å². The number of amides is 2. The smallest absolute Gasteiger partial charge is 0.251 e. The average Bonchev–Trinajstić information content (AvgIpc) is 3.62. The van der Waals surface area contributed by atoms with Crippen molar-refractivity contribution in [3.63, 3.8) is 0 Å². The van der Waals surface area contributed by atoms with Crippen LogP contribution in [0.15, 0.2) is 60.8 Å². The lowest BCUT2D eigenvalue weighted by Crippen LogP contribution is -2.51. The van der Waals surface area contributed by atoms with Crippen molar-refractivity contribution in [2.75, 3.05) is 19.7 Å². The predicted octanol–water partition coefficient (Wildman–Crippen LogP) is 3.36. The van der Waals surface area contributed by atoms with Gasteiger partial charge in [-0.1, -0.05) is 25.1 Å². The molecule has 2 amide bonds. The molecule has 0 unspecified atom stereocenters. The van der Waals surface area contributed by atoms with E-state index in [0.717, 1.165) is 17.0 Å². The molecule has 0 saturated carbocycles. The van der Waals surface area contributed by atoms with Crippen LogP contribution in [0.5, 0.6) is 5.75 Å². The molecule has 0 aliphatic carbocycles. The maximum Gasteiger partial charge on any atom is 0.251 e. The Morgan fingerprint density at radius 1 is 0.925 bits per heavy atom. The number of H-pyrrole nitrogens is 1. The maximum atomic E-state index is 14.6. The highest BCUT2D eigenvalue weighted by atomic mass is 19.2. The van der Waals surface area contributed by atoms with Crippen LogP contribution in [-0.2, 0) is 0 Å². The van der Waals surface area contributed by atoms with Gasteiger partial charge in [-0.15, -0.1) is 0 Å². The number of aromatic nitrogens is 2. The van der Waals surface area contributed by atoms with E-state index in [1.165, 1.54) is 30.3 Å². The number of fused-ring (bicyclic) bond motifs is 1. The van der Waals surface area contributed by atoms with E-state index in [0.29, 0.717) is 25.1 Å². The van der Waals surface area contributed by atoms with Crippen molar-refractivity contribution < 1.29 is 27.9 Å². The molecule has 0 radical (unpaired) electrons. The second kappa shape index (κ2) is 11.6. The van der Waals surface area contributed by atoms with Crippen LogP contribution in [0.25, 0.3) is 10.9 Å². The summed E-state index contributed by atoms with van der Waals surface area (Å²) in [6.07, 6.45) is 2.29. The molecule has 1 fully saturated rings. The molecule has 1 saturated heterocycles. The van der Waals surface area contributed by atoms with Crippen LogP contribution < -0.4 is 20.7 Å². The summed E-state index contributed by atoms with van der Waals surface area (Å²) < 4.78 is 33.9. The summed E-state index contributed by atoms with van der Waals surface area (Å²) in [4.78, 5) is 38.8. The molecule has 0 bridgehead atoms. The normalized spacial score (nSPS) is 16.6. The summed E-state index contributed by atoms with van der Waals surface area (Å²) in [5, 5.41) is 16.7. The number of rotatable bonds is 9. The maximum absolute atomic E-state index is 14.6. The van der Waals surface area contributed by atoms with Crippen LogP contribution >= 0.6 is 0 Å². The van der Waals surface area contributed by atoms with E-state index in [1.807, 2.05) is 6.92 Å². The highest BCUT2D eigenvalue weighted by Gasteiger charge is 2.30. The first-order chi connectivity index (χ1) is 19.4. The molecule has 206 valence electrons. The first kappa shape index (κ1) is 26.9. The number of hydrogen-bond acceptors (Lipinski definition) is 6. The van der Waals surface area contributed by atoms with Crippen LogP contribution in [-0.4, -0.2) is 59.6 Å². The molecule has 5 rings (SSSR count). The Kier molecular flexibility index (Phi) is 7.83. The topological polar surface area (TPSA) is 125 Å². The zero-order chi connectivity index (χ0) is 28.2. The molecule has 1 aliphatic heterocycles. The number of carbonyl (C=O) groups excluding carboxylic acids is 3. The van der Waals surface area contributed by atoms with Crippen molar-refractivity contribution in [1.82, 2.24) is 26.1 Å². The van der Waals surface area contributed by atoms with E-state index in [2.05, 4.69) is 26.1 Å². The SMILES string of the molecule is CCCOc1ccc(F)c(F)c1C(=O)c1ccc(C(=O)N[C@@H]2CNC[C@@H]2NC(=O)c2ccc3cn[nH]c3c2)cc1. The van der Waals surface area contributed by atoms with Crippen molar-refractivity contribution in [2.45, 2.75) is 25.4 Å². The molecular formula is C29H27F2N5O4. The quantitative estimate of drug-likeness (QED) is 0.238. The van der Waals surface area contributed by atoms with E-state index in [1.54, 1.807) is 24.4 Å². The van der Waals surface area contributed by atoms with Gasteiger partial charge in [-0.25, -0.2) is 8.78 Å². The van der Waals surface area contributed by atoms with Crippen molar-refractivity contribution in [1.29, 1.82) is 0 Å². The lowest BCUT2D eigenvalue weighted by Gasteiger charge is -2.21. The number of benzene rings is 3. The Morgan fingerprint density at radius 3 is 2.27 bits per heavy atom. The highest BCUT2D eigenvalue weighted by Crippen LogP contribution is 2.27. The molecule has 1 aliphatic rings. The third-order valence-electron chi connectivity index (χ3n) is 6.71. The average molecular weight is 548 g/mol. The van der Waals surface area contributed by atoms with Crippen LogP contribution in [0.1, 0.15) is 50.0 Å². The van der Waals surface area contributed by atoms with Gasteiger partial charge in [0.15, 0.2) is 17.4 Å². The van der Waals surface area contributed by atoms with Gasteiger partial charge < -0.3 is 20.7 Å². The van der Waals surface area contributed by atoms with Crippen molar-refractivity contribution in [3.8, 4) is 5.75 Å². The van der Waals surface area contributed by atoms with Crippen LogP contribution in [0, 0.1) is 11.6 Å². The molecule has 11 heteroatoms. The number of halogens is 2. The summed E-state index contributed by atoms with van der Waals surface area (Å²) in [6, 6.07) is 12.2. The third-order valence-corrected chi connectivity index (χ3v) is 6.71. The van der Waals surface area contributed by atoms with Gasteiger partial charge in [-0.3, -0.25) is 19.5 Å². The lowest BCUT2D eigenvalue weighted by atomic mass is 10.00. The number of hydrogen-bond donors (Lipinski definition) is 4. The van der Waals surface area contributed by atoms with E-state index < -0.39 is 28.9 Å². The van der Waals surface area contributed by atoms with Gasteiger partial charge in [0.1, 0.15) is 11.3 Å². The largest absolute Gasteiger partial charge is 0.493 e. The molecule has 0 spiro atoms. The minimum atomic E-state index is -1.29. The van der Waals surface area contributed by atoms with Gasteiger partial charge >= 0.3 is 0 Å². The second-order valence-corrected chi connectivity index (χ2v) is 9.48. The third kappa shape index (κ3) is 5.55. The number of nitrogens with zero attached hydrogens (tertiary/aromatic N) is 1. The van der Waals surface area contributed by atoms with E-state index in [4.69, 9.17) is 4.74 Å². The molecule has 4 aromatic rings. The summed E-state index contributed by atoms with van der Waals surface area (Å²) in [6.45, 7) is 3.01. The summed E-state index contributed by atoms with van der Waals surface area (Å²) in [5.74, 6) is -3.93. The second-order valence-electron chi connectivity index (χ2n) is 9.48. The van der Waals surface area contributed by atoms with Gasteiger partial charge in [-0.05, 0) is 42.8 Å². The highest BCUT2D eigenvalue weighted by molar-refractivity contribution is 6.11. The number of nitrogens with one attached hydrogen (secondary N) is 4. The van der Waals surface area contributed by atoms with E-state index in [9.17, 15) is 23.2 Å². The van der Waals surface area contributed by atoms with Crippen LogP contribution in [0.4, 0.5) is 8.78 Å². The van der Waals surface area contributed by atoms with Gasteiger partial charge in [0.2, 0.25) is 0 Å². The van der Waals surface area contributed by atoms with Gasteiger partial charge in [0.25, 0.3) is 11.8 Å². The van der Waals surface area contributed by atoms with Gasteiger partial charge in [-0.2, -0.15) is 5.10 Å². The first-order valence-electron chi connectivity index (χ1n) is 12.9. The number of ether oxygens (including phenoxy) is 1. The fourth-order valence-corrected chi connectivity index (χ4v) is 4.56. The Labute approximate surface area is 228 Å². The standard InChI is InChI=1S/C29H27F2N5O4/c1-2-11-40-24-10-9-20(30)26(31)25(24)27(37)16-3-5-17(6-4-16)28(38)34-22-14-32-15-23(22)35-29(39)18-7-8-19-13-33-36-21(19)12-18/h3-10,12-13,22-23,32H,2,11,14-15H2,1H3,(H,33,36)(H,34,38)(H,35,39)/t22-,23+/m1/s1. The minimum absolute atomic E-state index is 0.0427. The van der Waals surface area contributed by atoms with Crippen molar-refractivity contribution >= 4 is 28.5 Å². The molecule has 9 nitrogen and oxygen atoms in total. The monoisotopic (exact) mass is 547 g/mol. The molecule has 3 aromatic carbocycles. The molecule has 4 N–H and O–H groups in total. The van der Waals surface area contributed by atoms with E-state index in [-0.39, 0.29) is 41.5 Å². The predicted molar refractivity (Wildman–Crippen MR) is 143 cm³/mol. The summed E-state index contributed by atoms with van der Waals surface area (Å²) in [5.41, 5.74) is 1.05. The molecule has 40 heavy (non-hydrogen) atoms. The molecule has 1 aromatic heterocycles. The molecule has 2 heterocycles. The summed E-state index contributed by atoms with van der Waals surface area (Å²) in [7, 11) is 0. The van der Waals surface area contributed by atoms with Crippen LogP contribution in [0.2, 0.25) is 0 Å². The van der Waals surface area contributed by atoms with Gasteiger partial charge in [0.05, 0.1) is 30.4 Å². The Morgan fingerprint density at radius 2 is 1.57 bits per heavy atom. The zero-order valence-electron chi connectivity index (χ0n) is 21.6. The molecular weight excluding hydrogens is 520 g/mol. The first-order valence-corrected chi connectivity index (χ1v) is 12.9. The summed E-state index contributed by atoms with van der Waals surface area (Å²) >= 11 is 0. The van der Waals surface area contributed by atoms with E-state index >= 15 is 0 Å². The van der Waals surface area contributed by atoms with Crippen molar-refractivity contribution in [2.24, 2.45) is 0 Å². The van der Waals surface area contributed by atoms with Crippen LogP contribution in [0.3, 0.4) is 0 Å². The zero-order valence-corrected chi connectivity index (χ0v) is 21.6. The lowest BCUT2D eigenvalue weighted by molar-refractivity contribution is 0.0896. The number of carbonyl (C=O) groups is 3. The molecule has 2 atom stereocenters. The fraction of sp³-hybridized carbons (Fsp3) is 0.241. The Hall–Kier alpha value is -4.64. The Bertz CT molecular complexity index is 1570. The minimum Gasteiger partial charge on any atom is -0.493 e. The number of aromatic amines is 1.